The first kappa shape index (κ1) is 15.3. The smallest absolute Gasteiger partial charge is 0.0529 e. The summed E-state index contributed by atoms with van der Waals surface area (Å²) in [6, 6.07) is 9.25. The van der Waals surface area contributed by atoms with Gasteiger partial charge in [-0.15, -0.1) is 11.3 Å². The van der Waals surface area contributed by atoms with Gasteiger partial charge in [-0.3, -0.25) is 0 Å². The molecule has 2 aromatic rings. The van der Waals surface area contributed by atoms with Crippen LogP contribution in [-0.4, -0.2) is 0 Å². The SMILES string of the molecule is Cc1ccc(C)c(CC(Br)c2cc3c(s2)CCCCC3)c1. The maximum Gasteiger partial charge on any atom is 0.0529 e. The van der Waals surface area contributed by atoms with Gasteiger partial charge in [0.25, 0.3) is 0 Å². The van der Waals surface area contributed by atoms with Crippen LogP contribution in [-0.2, 0) is 19.3 Å². The second kappa shape index (κ2) is 6.66. The fraction of sp³-hybridized carbons (Fsp3) is 0.474. The van der Waals surface area contributed by atoms with Gasteiger partial charge in [-0.25, -0.2) is 0 Å². The molecular weight excluding hydrogens is 340 g/mol. The summed E-state index contributed by atoms with van der Waals surface area (Å²) in [5, 5.41) is 0. The minimum Gasteiger partial charge on any atom is -0.144 e. The van der Waals surface area contributed by atoms with Crippen LogP contribution in [0.3, 0.4) is 0 Å². The molecule has 0 spiro atoms. The maximum atomic E-state index is 3.94. The van der Waals surface area contributed by atoms with Gasteiger partial charge in [-0.2, -0.15) is 0 Å². The van der Waals surface area contributed by atoms with Gasteiger partial charge in [0.05, 0.1) is 4.83 Å². The number of hydrogen-bond donors (Lipinski definition) is 0. The fourth-order valence-electron chi connectivity index (χ4n) is 3.16. The minimum absolute atomic E-state index is 0.454. The van der Waals surface area contributed by atoms with E-state index in [0.29, 0.717) is 4.83 Å². The van der Waals surface area contributed by atoms with Crippen molar-refractivity contribution < 1.29 is 0 Å². The Bertz CT molecular complexity index is 603. The monoisotopic (exact) mass is 362 g/mol. The highest BCUT2D eigenvalue weighted by Crippen LogP contribution is 2.37. The summed E-state index contributed by atoms with van der Waals surface area (Å²) in [6.07, 6.45) is 7.81. The largest absolute Gasteiger partial charge is 0.144 e. The van der Waals surface area contributed by atoms with Crippen LogP contribution in [0.15, 0.2) is 24.3 Å². The highest BCUT2D eigenvalue weighted by atomic mass is 79.9. The van der Waals surface area contributed by atoms with E-state index in [-0.39, 0.29) is 0 Å². The van der Waals surface area contributed by atoms with Crippen molar-refractivity contribution in [1.82, 2.24) is 0 Å². The van der Waals surface area contributed by atoms with Crippen molar-refractivity contribution in [2.24, 2.45) is 0 Å². The molecule has 3 rings (SSSR count). The van der Waals surface area contributed by atoms with Crippen LogP contribution in [0, 0.1) is 13.8 Å². The molecule has 0 fully saturated rings. The lowest BCUT2D eigenvalue weighted by atomic mass is 10.0. The molecule has 1 heterocycles. The van der Waals surface area contributed by atoms with E-state index in [4.69, 9.17) is 0 Å². The third-order valence-corrected chi connectivity index (χ3v) is 6.95. The van der Waals surface area contributed by atoms with Crippen LogP contribution in [0.2, 0.25) is 0 Å². The zero-order valence-electron chi connectivity index (χ0n) is 12.9. The van der Waals surface area contributed by atoms with E-state index in [2.05, 4.69) is 54.0 Å². The Morgan fingerprint density at radius 3 is 2.76 bits per heavy atom. The first-order valence-corrected chi connectivity index (χ1v) is 9.68. The summed E-state index contributed by atoms with van der Waals surface area (Å²) < 4.78 is 0. The van der Waals surface area contributed by atoms with E-state index < -0.39 is 0 Å². The van der Waals surface area contributed by atoms with Crippen LogP contribution < -0.4 is 0 Å². The molecule has 112 valence electrons. The average Bonchev–Trinajstić information content (AvgIpc) is 2.74. The number of thiophene rings is 1. The molecule has 0 amide bonds. The van der Waals surface area contributed by atoms with E-state index in [1.165, 1.54) is 53.7 Å². The van der Waals surface area contributed by atoms with Gasteiger partial charge < -0.3 is 0 Å². The second-order valence-corrected chi connectivity index (χ2v) is 8.53. The third kappa shape index (κ3) is 3.60. The summed E-state index contributed by atoms with van der Waals surface area (Å²) in [5.74, 6) is 0. The number of alkyl halides is 1. The Kier molecular flexibility index (Phi) is 4.85. The topological polar surface area (TPSA) is 0 Å². The van der Waals surface area contributed by atoms with Crippen molar-refractivity contribution >= 4 is 27.3 Å². The second-order valence-electron chi connectivity index (χ2n) is 6.26. The van der Waals surface area contributed by atoms with Crippen LogP contribution in [0.5, 0.6) is 0 Å². The minimum atomic E-state index is 0.454. The van der Waals surface area contributed by atoms with Crippen molar-refractivity contribution in [3.8, 4) is 0 Å². The van der Waals surface area contributed by atoms with E-state index in [0.717, 1.165) is 6.42 Å². The first-order chi connectivity index (χ1) is 10.1. The van der Waals surface area contributed by atoms with E-state index >= 15 is 0 Å². The molecule has 0 bridgehead atoms. The van der Waals surface area contributed by atoms with Crippen molar-refractivity contribution in [1.29, 1.82) is 0 Å². The summed E-state index contributed by atoms with van der Waals surface area (Å²) in [7, 11) is 0. The molecule has 2 heteroatoms. The van der Waals surface area contributed by atoms with Crippen molar-refractivity contribution in [2.75, 3.05) is 0 Å². The van der Waals surface area contributed by atoms with Crippen LogP contribution in [0.4, 0.5) is 0 Å². The van der Waals surface area contributed by atoms with Crippen molar-refractivity contribution in [2.45, 2.75) is 57.2 Å². The lowest BCUT2D eigenvalue weighted by Gasteiger charge is -2.11. The van der Waals surface area contributed by atoms with Gasteiger partial charge in [0, 0.05) is 9.75 Å². The summed E-state index contributed by atoms with van der Waals surface area (Å²) in [6.45, 7) is 4.40. The molecule has 21 heavy (non-hydrogen) atoms. The maximum absolute atomic E-state index is 3.94. The van der Waals surface area contributed by atoms with Crippen LogP contribution in [0.25, 0.3) is 0 Å². The molecule has 1 atom stereocenters. The van der Waals surface area contributed by atoms with Crippen LogP contribution >= 0.6 is 27.3 Å². The molecule has 0 saturated heterocycles. The zero-order chi connectivity index (χ0) is 14.8. The summed E-state index contributed by atoms with van der Waals surface area (Å²) >= 11 is 5.98. The van der Waals surface area contributed by atoms with E-state index in [1.54, 1.807) is 10.4 Å². The average molecular weight is 363 g/mol. The predicted molar refractivity (Wildman–Crippen MR) is 96.9 cm³/mol. The quantitative estimate of drug-likeness (QED) is 0.443. The molecule has 0 radical (unpaired) electrons. The third-order valence-electron chi connectivity index (χ3n) is 4.48. The Balaban J connectivity index is 1.79. The molecular formula is C19H23BrS. The molecule has 0 N–H and O–H groups in total. The summed E-state index contributed by atoms with van der Waals surface area (Å²) in [5.41, 5.74) is 5.86. The van der Waals surface area contributed by atoms with E-state index in [1.807, 2.05) is 11.3 Å². The highest BCUT2D eigenvalue weighted by molar-refractivity contribution is 9.09. The predicted octanol–water partition coefficient (Wildman–Crippen LogP) is 6.31. The molecule has 1 aromatic heterocycles. The molecule has 1 unspecified atom stereocenters. The van der Waals surface area contributed by atoms with E-state index in [9.17, 15) is 0 Å². The van der Waals surface area contributed by atoms with Gasteiger partial charge in [-0.05, 0) is 68.7 Å². The summed E-state index contributed by atoms with van der Waals surface area (Å²) in [4.78, 5) is 3.62. The molecule has 1 aromatic carbocycles. The van der Waals surface area contributed by atoms with Gasteiger partial charge >= 0.3 is 0 Å². The fourth-order valence-corrected chi connectivity index (χ4v) is 5.16. The Morgan fingerprint density at radius 1 is 1.10 bits per heavy atom. The van der Waals surface area contributed by atoms with Gasteiger partial charge in [-0.1, -0.05) is 46.1 Å². The molecule has 0 nitrogen and oxygen atoms in total. The number of hydrogen-bond acceptors (Lipinski definition) is 1. The van der Waals surface area contributed by atoms with Gasteiger partial charge in [0.1, 0.15) is 0 Å². The van der Waals surface area contributed by atoms with Crippen molar-refractivity contribution in [3.05, 3.63) is 56.3 Å². The number of halogens is 1. The molecule has 0 aliphatic heterocycles. The zero-order valence-corrected chi connectivity index (χ0v) is 15.3. The number of aryl methyl sites for hydroxylation is 4. The lowest BCUT2D eigenvalue weighted by molar-refractivity contribution is 0.712. The molecule has 0 saturated carbocycles. The van der Waals surface area contributed by atoms with Crippen LogP contribution in [0.1, 0.15) is 56.1 Å². The Hall–Kier alpha value is -0.600. The number of rotatable bonds is 3. The number of fused-ring (bicyclic) bond motifs is 1. The Morgan fingerprint density at radius 2 is 1.90 bits per heavy atom. The lowest BCUT2D eigenvalue weighted by Crippen LogP contribution is -1.96. The number of benzene rings is 1. The van der Waals surface area contributed by atoms with Gasteiger partial charge in [0.15, 0.2) is 0 Å². The Labute approximate surface area is 140 Å². The van der Waals surface area contributed by atoms with Gasteiger partial charge in [0.2, 0.25) is 0 Å². The standard InChI is InChI=1S/C19H23BrS/c1-13-8-9-14(2)16(10-13)11-17(20)19-12-15-6-4-3-5-7-18(15)21-19/h8-10,12,17H,3-7,11H2,1-2H3. The molecule has 1 aliphatic rings. The first-order valence-electron chi connectivity index (χ1n) is 7.95. The van der Waals surface area contributed by atoms with Crippen molar-refractivity contribution in [3.63, 3.8) is 0 Å². The normalized spacial score (nSPS) is 16.3. The highest BCUT2D eigenvalue weighted by Gasteiger charge is 2.17. The molecule has 1 aliphatic carbocycles.